The summed E-state index contributed by atoms with van der Waals surface area (Å²) in [5.74, 6) is 5.07. The van der Waals surface area contributed by atoms with Gasteiger partial charge in [-0.25, -0.2) is 0 Å². The third kappa shape index (κ3) is 7.70. The number of carbonyl (C=O) groups excluding carboxylic acids is 3. The summed E-state index contributed by atoms with van der Waals surface area (Å²) in [6.07, 6.45) is 2.35. The predicted octanol–water partition coefficient (Wildman–Crippen LogP) is 1.83. The van der Waals surface area contributed by atoms with Crippen LogP contribution in [0.15, 0.2) is 48.5 Å². The molecule has 0 aliphatic rings. The molecule has 2 rings (SSSR count). The Balaban J connectivity index is 1.97. The molecule has 1 atom stereocenters. The van der Waals surface area contributed by atoms with Crippen molar-refractivity contribution in [2.24, 2.45) is 5.73 Å². The molecule has 0 fully saturated rings. The Kier molecular flexibility index (Phi) is 9.43. The molecule has 0 aromatic heterocycles. The van der Waals surface area contributed by atoms with Gasteiger partial charge in [0.05, 0.1) is 0 Å². The smallest absolute Gasteiger partial charge is 0.251 e. The fourth-order valence-electron chi connectivity index (χ4n) is 2.67. The van der Waals surface area contributed by atoms with Crippen LogP contribution in [0.1, 0.15) is 47.7 Å². The summed E-state index contributed by atoms with van der Waals surface area (Å²) >= 11 is 0. The second-order valence-corrected chi connectivity index (χ2v) is 6.94. The SMILES string of the molecule is CCCCC(=O)Nc1ccc(C#Cc2ccc(C(=O)N[C@@H](CN)C(=O)CO)cc2)cc1. The monoisotopic (exact) mass is 421 g/mol. The van der Waals surface area contributed by atoms with Crippen molar-refractivity contribution in [2.45, 2.75) is 32.2 Å². The Bertz CT molecular complexity index is 957. The lowest BCUT2D eigenvalue weighted by Gasteiger charge is -2.14. The molecule has 7 nitrogen and oxygen atoms in total. The number of hydrogen-bond acceptors (Lipinski definition) is 5. The van der Waals surface area contributed by atoms with E-state index in [-0.39, 0.29) is 12.5 Å². The van der Waals surface area contributed by atoms with Crippen LogP contribution < -0.4 is 16.4 Å². The molecule has 0 bridgehead atoms. The maximum Gasteiger partial charge on any atom is 0.251 e. The van der Waals surface area contributed by atoms with E-state index >= 15 is 0 Å². The topological polar surface area (TPSA) is 122 Å². The molecule has 2 amide bonds. The van der Waals surface area contributed by atoms with E-state index in [2.05, 4.69) is 22.5 Å². The maximum absolute atomic E-state index is 12.2. The number of carbonyl (C=O) groups is 3. The number of aliphatic hydroxyl groups excluding tert-OH is 1. The molecule has 0 saturated carbocycles. The summed E-state index contributed by atoms with van der Waals surface area (Å²) in [6.45, 7) is 1.28. The number of Topliss-reactive ketones (excluding diaryl/α,β-unsaturated/α-hetero) is 1. The molecule has 2 aromatic rings. The number of nitrogens with one attached hydrogen (secondary N) is 2. The Hall–Kier alpha value is -3.47. The Morgan fingerprint density at radius 2 is 1.58 bits per heavy atom. The zero-order valence-electron chi connectivity index (χ0n) is 17.5. The summed E-state index contributed by atoms with van der Waals surface area (Å²) in [6, 6.07) is 13.0. The second-order valence-electron chi connectivity index (χ2n) is 6.94. The molecule has 0 heterocycles. The zero-order chi connectivity index (χ0) is 22.6. The van der Waals surface area contributed by atoms with Gasteiger partial charge in [0.1, 0.15) is 12.6 Å². The molecule has 0 spiro atoms. The fraction of sp³-hybridized carbons (Fsp3) is 0.292. The van der Waals surface area contributed by atoms with Crippen molar-refractivity contribution in [3.8, 4) is 11.8 Å². The molecule has 2 aromatic carbocycles. The lowest BCUT2D eigenvalue weighted by molar-refractivity contribution is -0.123. The first-order valence-electron chi connectivity index (χ1n) is 10.1. The van der Waals surface area contributed by atoms with Gasteiger partial charge in [-0.2, -0.15) is 0 Å². The van der Waals surface area contributed by atoms with Gasteiger partial charge in [0.15, 0.2) is 5.78 Å². The number of amides is 2. The van der Waals surface area contributed by atoms with Crippen LogP contribution in [0.3, 0.4) is 0 Å². The molecular formula is C24H27N3O4. The van der Waals surface area contributed by atoms with E-state index in [1.54, 1.807) is 24.3 Å². The van der Waals surface area contributed by atoms with Gasteiger partial charge >= 0.3 is 0 Å². The number of aliphatic hydroxyl groups is 1. The van der Waals surface area contributed by atoms with Crippen LogP contribution in [0.2, 0.25) is 0 Å². The number of unbranched alkanes of at least 4 members (excludes halogenated alkanes) is 1. The van der Waals surface area contributed by atoms with E-state index in [4.69, 9.17) is 10.8 Å². The zero-order valence-corrected chi connectivity index (χ0v) is 17.5. The summed E-state index contributed by atoms with van der Waals surface area (Å²) in [7, 11) is 0. The van der Waals surface area contributed by atoms with Crippen LogP contribution >= 0.6 is 0 Å². The first-order chi connectivity index (χ1) is 15.0. The fourth-order valence-corrected chi connectivity index (χ4v) is 2.67. The van der Waals surface area contributed by atoms with E-state index < -0.39 is 24.3 Å². The number of rotatable bonds is 9. The first kappa shape index (κ1) is 23.8. The Morgan fingerprint density at radius 3 is 2.10 bits per heavy atom. The maximum atomic E-state index is 12.2. The van der Waals surface area contributed by atoms with E-state index in [9.17, 15) is 14.4 Å². The Morgan fingerprint density at radius 1 is 1.00 bits per heavy atom. The molecule has 0 radical (unpaired) electrons. The summed E-state index contributed by atoms with van der Waals surface area (Å²) in [4.78, 5) is 35.5. The third-order valence-electron chi connectivity index (χ3n) is 4.51. The quantitative estimate of drug-likeness (QED) is 0.460. The first-order valence-corrected chi connectivity index (χ1v) is 10.1. The molecule has 0 aliphatic carbocycles. The van der Waals surface area contributed by atoms with E-state index in [0.717, 1.165) is 29.7 Å². The molecule has 7 heteroatoms. The van der Waals surface area contributed by atoms with Gasteiger partial charge in [0, 0.05) is 35.3 Å². The summed E-state index contributed by atoms with van der Waals surface area (Å²) < 4.78 is 0. The van der Waals surface area contributed by atoms with Gasteiger partial charge in [-0.05, 0) is 55.0 Å². The van der Waals surface area contributed by atoms with Crippen LogP contribution in [0.5, 0.6) is 0 Å². The van der Waals surface area contributed by atoms with E-state index in [1.807, 2.05) is 31.2 Å². The average molecular weight is 421 g/mol. The minimum atomic E-state index is -0.920. The second kappa shape index (κ2) is 12.3. The highest BCUT2D eigenvalue weighted by atomic mass is 16.3. The number of benzene rings is 2. The van der Waals surface area contributed by atoms with Gasteiger partial charge in [0.2, 0.25) is 5.91 Å². The van der Waals surface area contributed by atoms with Crippen LogP contribution in [0, 0.1) is 11.8 Å². The van der Waals surface area contributed by atoms with Gasteiger partial charge in [-0.1, -0.05) is 25.2 Å². The highest BCUT2D eigenvalue weighted by Gasteiger charge is 2.18. The predicted molar refractivity (Wildman–Crippen MR) is 119 cm³/mol. The molecule has 31 heavy (non-hydrogen) atoms. The van der Waals surface area contributed by atoms with Gasteiger partial charge in [0.25, 0.3) is 5.91 Å². The van der Waals surface area contributed by atoms with Crippen molar-refractivity contribution >= 4 is 23.3 Å². The van der Waals surface area contributed by atoms with Crippen LogP contribution in [0.4, 0.5) is 5.69 Å². The number of anilines is 1. The van der Waals surface area contributed by atoms with Crippen LogP contribution in [-0.2, 0) is 9.59 Å². The lowest BCUT2D eigenvalue weighted by Crippen LogP contribution is -2.46. The number of nitrogens with two attached hydrogens (primary N) is 1. The van der Waals surface area contributed by atoms with Crippen molar-refractivity contribution in [1.82, 2.24) is 5.32 Å². The minimum absolute atomic E-state index is 0.00308. The van der Waals surface area contributed by atoms with Crippen molar-refractivity contribution in [3.05, 3.63) is 65.2 Å². The standard InChI is InChI=1S/C24H27N3O4/c1-2-3-4-23(30)26-20-13-9-18(10-14-20)6-5-17-7-11-19(12-8-17)24(31)27-21(15-25)22(29)16-28/h7-14,21,28H,2-4,15-16,25H2,1H3,(H,26,30)(H,27,31)/t21-/m0/s1. The van der Waals surface area contributed by atoms with E-state index in [0.29, 0.717) is 12.0 Å². The number of ketones is 1. The van der Waals surface area contributed by atoms with Gasteiger partial charge < -0.3 is 21.5 Å². The van der Waals surface area contributed by atoms with Crippen LogP contribution in [-0.4, -0.2) is 41.9 Å². The molecule has 162 valence electrons. The van der Waals surface area contributed by atoms with Crippen molar-refractivity contribution in [2.75, 3.05) is 18.5 Å². The molecule has 5 N–H and O–H groups in total. The van der Waals surface area contributed by atoms with Gasteiger partial charge in [-0.3, -0.25) is 14.4 Å². The van der Waals surface area contributed by atoms with Crippen molar-refractivity contribution < 1.29 is 19.5 Å². The lowest BCUT2D eigenvalue weighted by atomic mass is 10.1. The molecular weight excluding hydrogens is 394 g/mol. The Labute approximate surface area is 182 Å². The average Bonchev–Trinajstić information content (AvgIpc) is 2.80. The highest BCUT2D eigenvalue weighted by Crippen LogP contribution is 2.10. The molecule has 0 aliphatic heterocycles. The third-order valence-corrected chi connectivity index (χ3v) is 4.51. The molecule has 0 saturated heterocycles. The van der Waals surface area contributed by atoms with E-state index in [1.165, 1.54) is 0 Å². The highest BCUT2D eigenvalue weighted by molar-refractivity contribution is 5.98. The largest absolute Gasteiger partial charge is 0.388 e. The summed E-state index contributed by atoms with van der Waals surface area (Å²) in [5, 5.41) is 14.3. The van der Waals surface area contributed by atoms with Crippen LogP contribution in [0.25, 0.3) is 0 Å². The normalized spacial score (nSPS) is 11.1. The number of hydrogen-bond donors (Lipinski definition) is 4. The van der Waals surface area contributed by atoms with Gasteiger partial charge in [-0.15, -0.1) is 0 Å². The molecule has 0 unspecified atom stereocenters. The van der Waals surface area contributed by atoms with Crippen molar-refractivity contribution in [3.63, 3.8) is 0 Å². The summed E-state index contributed by atoms with van der Waals surface area (Å²) in [5.41, 5.74) is 8.07. The minimum Gasteiger partial charge on any atom is -0.388 e. The van der Waals surface area contributed by atoms with Crippen molar-refractivity contribution in [1.29, 1.82) is 0 Å².